The number of hydrogen-bond donors (Lipinski definition) is 0. The van der Waals surface area contributed by atoms with E-state index >= 15 is 0 Å². The number of pyridine rings is 1. The molecule has 1 aliphatic heterocycles. The standard InChI is InChI=1S/C10H10N2O4.CH4/c13-10-9(12(14)15)4-1-5-11(10)8-3-2-6-16-7-8;/h1,4-5,7H,2-3,6H2;1H4. The van der Waals surface area contributed by atoms with Gasteiger partial charge in [-0.2, -0.15) is 0 Å². The predicted octanol–water partition coefficient (Wildman–Crippen LogP) is 2.00. The van der Waals surface area contributed by atoms with E-state index in [0.29, 0.717) is 18.7 Å². The largest absolute Gasteiger partial charge is 0.499 e. The maximum absolute atomic E-state index is 11.7. The predicted molar refractivity (Wildman–Crippen MR) is 63.5 cm³/mol. The molecule has 0 unspecified atom stereocenters. The second-order valence-corrected chi connectivity index (χ2v) is 3.41. The molecule has 0 aromatic carbocycles. The van der Waals surface area contributed by atoms with Crippen LogP contribution in [0.4, 0.5) is 5.69 Å². The lowest BCUT2D eigenvalue weighted by Crippen LogP contribution is -2.22. The molecule has 1 aromatic rings. The van der Waals surface area contributed by atoms with E-state index in [-0.39, 0.29) is 7.43 Å². The Kier molecular flexibility index (Phi) is 4.03. The van der Waals surface area contributed by atoms with Crippen molar-refractivity contribution in [2.24, 2.45) is 0 Å². The highest BCUT2D eigenvalue weighted by atomic mass is 16.6. The van der Waals surface area contributed by atoms with Crippen LogP contribution in [0.5, 0.6) is 0 Å². The highest BCUT2D eigenvalue weighted by molar-refractivity contribution is 5.46. The summed E-state index contributed by atoms with van der Waals surface area (Å²) in [5.74, 6) is 0. The monoisotopic (exact) mass is 238 g/mol. The van der Waals surface area contributed by atoms with Crippen molar-refractivity contribution < 1.29 is 9.66 Å². The van der Waals surface area contributed by atoms with Crippen LogP contribution in [0.3, 0.4) is 0 Å². The zero-order chi connectivity index (χ0) is 11.5. The van der Waals surface area contributed by atoms with Crippen LogP contribution < -0.4 is 5.56 Å². The molecule has 0 radical (unpaired) electrons. The molecule has 17 heavy (non-hydrogen) atoms. The summed E-state index contributed by atoms with van der Waals surface area (Å²) in [5.41, 5.74) is -0.391. The maximum Gasteiger partial charge on any atom is 0.334 e. The molecule has 0 N–H and O–H groups in total. The maximum atomic E-state index is 11.7. The third kappa shape index (κ3) is 2.52. The number of nitro groups is 1. The van der Waals surface area contributed by atoms with Crippen LogP contribution in [0.2, 0.25) is 0 Å². The quantitative estimate of drug-likeness (QED) is 0.583. The molecule has 6 heteroatoms. The van der Waals surface area contributed by atoms with Crippen molar-refractivity contribution in [3.63, 3.8) is 0 Å². The summed E-state index contributed by atoms with van der Waals surface area (Å²) in [5, 5.41) is 10.6. The van der Waals surface area contributed by atoms with Crippen LogP contribution >= 0.6 is 0 Å². The van der Waals surface area contributed by atoms with Crippen LogP contribution in [0.1, 0.15) is 20.3 Å². The van der Waals surface area contributed by atoms with E-state index in [9.17, 15) is 14.9 Å². The van der Waals surface area contributed by atoms with E-state index in [0.717, 1.165) is 6.42 Å². The molecule has 92 valence electrons. The Labute approximate surface area is 98.3 Å². The van der Waals surface area contributed by atoms with Gasteiger partial charge in [-0.15, -0.1) is 0 Å². The first-order chi connectivity index (χ1) is 7.70. The highest BCUT2D eigenvalue weighted by Gasteiger charge is 2.16. The minimum absolute atomic E-state index is 0. The number of rotatable bonds is 2. The van der Waals surface area contributed by atoms with E-state index < -0.39 is 16.2 Å². The molecule has 0 saturated carbocycles. The Morgan fingerprint density at radius 3 is 2.82 bits per heavy atom. The summed E-state index contributed by atoms with van der Waals surface area (Å²) in [6, 6.07) is 2.68. The number of aromatic nitrogens is 1. The minimum Gasteiger partial charge on any atom is -0.499 e. The molecule has 2 heterocycles. The molecule has 0 fully saturated rings. The fourth-order valence-electron chi connectivity index (χ4n) is 1.58. The molecule has 0 aliphatic carbocycles. The Morgan fingerprint density at radius 1 is 1.47 bits per heavy atom. The van der Waals surface area contributed by atoms with Gasteiger partial charge in [0.15, 0.2) is 0 Å². The first-order valence-electron chi connectivity index (χ1n) is 4.87. The summed E-state index contributed by atoms with van der Waals surface area (Å²) in [6.45, 7) is 0.618. The second kappa shape index (κ2) is 5.29. The van der Waals surface area contributed by atoms with Gasteiger partial charge in [0.2, 0.25) is 0 Å². The summed E-state index contributed by atoms with van der Waals surface area (Å²) < 4.78 is 6.36. The molecule has 1 aliphatic rings. The van der Waals surface area contributed by atoms with Gasteiger partial charge in [0.05, 0.1) is 17.2 Å². The van der Waals surface area contributed by atoms with Gasteiger partial charge in [0, 0.05) is 12.3 Å². The van der Waals surface area contributed by atoms with Crippen molar-refractivity contribution in [1.29, 1.82) is 0 Å². The molecular weight excluding hydrogens is 224 g/mol. The zero-order valence-corrected chi connectivity index (χ0v) is 8.46. The van der Waals surface area contributed by atoms with E-state index in [2.05, 4.69) is 0 Å². The number of allylic oxidation sites excluding steroid dienone is 1. The normalized spacial score (nSPS) is 14.2. The Morgan fingerprint density at radius 2 is 2.24 bits per heavy atom. The van der Waals surface area contributed by atoms with Crippen LogP contribution in [0.15, 0.2) is 29.4 Å². The SMILES string of the molecule is C.O=c1c([N+](=O)[O-])cccn1C1=COCCC1. The first kappa shape index (κ1) is 13.0. The molecule has 0 spiro atoms. The molecule has 1 aromatic heterocycles. The van der Waals surface area contributed by atoms with Gasteiger partial charge in [-0.25, -0.2) is 0 Å². The third-order valence-corrected chi connectivity index (χ3v) is 2.35. The second-order valence-electron chi connectivity index (χ2n) is 3.41. The van der Waals surface area contributed by atoms with Crippen molar-refractivity contribution in [3.8, 4) is 0 Å². The summed E-state index contributed by atoms with van der Waals surface area (Å²) >= 11 is 0. The highest BCUT2D eigenvalue weighted by Crippen LogP contribution is 2.16. The minimum atomic E-state index is -0.678. The lowest BCUT2D eigenvalue weighted by atomic mass is 10.2. The molecule has 0 bridgehead atoms. The van der Waals surface area contributed by atoms with E-state index in [4.69, 9.17) is 4.74 Å². The van der Waals surface area contributed by atoms with Gasteiger partial charge in [0.1, 0.15) is 6.26 Å². The van der Waals surface area contributed by atoms with Crippen LogP contribution in [0, 0.1) is 10.1 Å². The molecule has 0 atom stereocenters. The van der Waals surface area contributed by atoms with Crippen LogP contribution in [-0.2, 0) is 4.74 Å². The zero-order valence-electron chi connectivity index (χ0n) is 8.46. The van der Waals surface area contributed by atoms with Gasteiger partial charge in [0.25, 0.3) is 0 Å². The Hall–Kier alpha value is -2.11. The average Bonchev–Trinajstić information content (AvgIpc) is 2.30. The Bertz CT molecular complexity index is 504. The summed E-state index contributed by atoms with van der Waals surface area (Å²) in [6.07, 6.45) is 4.48. The van der Waals surface area contributed by atoms with E-state index in [1.807, 2.05) is 0 Å². The van der Waals surface area contributed by atoms with E-state index in [1.54, 1.807) is 0 Å². The van der Waals surface area contributed by atoms with Crippen LogP contribution in [0.25, 0.3) is 5.70 Å². The van der Waals surface area contributed by atoms with Crippen LogP contribution in [-0.4, -0.2) is 16.1 Å². The van der Waals surface area contributed by atoms with Gasteiger partial charge in [-0.3, -0.25) is 19.5 Å². The summed E-state index contributed by atoms with van der Waals surface area (Å²) in [4.78, 5) is 21.7. The third-order valence-electron chi connectivity index (χ3n) is 2.35. The smallest absolute Gasteiger partial charge is 0.334 e. The van der Waals surface area contributed by atoms with Crippen molar-refractivity contribution >= 4 is 11.4 Å². The lowest BCUT2D eigenvalue weighted by molar-refractivity contribution is -0.386. The lowest BCUT2D eigenvalue weighted by Gasteiger charge is -2.14. The topological polar surface area (TPSA) is 74.4 Å². The van der Waals surface area contributed by atoms with E-state index in [1.165, 1.54) is 29.2 Å². The fourth-order valence-corrected chi connectivity index (χ4v) is 1.58. The number of nitrogens with zero attached hydrogens (tertiary/aromatic N) is 2. The molecular formula is C11H14N2O4. The molecule has 6 nitrogen and oxygen atoms in total. The molecule has 2 rings (SSSR count). The van der Waals surface area contributed by atoms with Gasteiger partial charge >= 0.3 is 11.2 Å². The summed E-state index contributed by atoms with van der Waals surface area (Å²) in [7, 11) is 0. The van der Waals surface area contributed by atoms with Gasteiger partial charge in [-0.05, 0) is 18.9 Å². The molecule has 0 amide bonds. The van der Waals surface area contributed by atoms with Crippen molar-refractivity contribution in [1.82, 2.24) is 4.57 Å². The molecule has 0 saturated heterocycles. The van der Waals surface area contributed by atoms with Crippen molar-refractivity contribution in [3.05, 3.63) is 45.1 Å². The first-order valence-corrected chi connectivity index (χ1v) is 4.87. The number of ether oxygens (including phenoxy) is 1. The number of hydrogen-bond acceptors (Lipinski definition) is 4. The van der Waals surface area contributed by atoms with Gasteiger partial charge in [-0.1, -0.05) is 7.43 Å². The fraction of sp³-hybridized carbons (Fsp3) is 0.364. The van der Waals surface area contributed by atoms with Gasteiger partial charge < -0.3 is 4.74 Å². The van der Waals surface area contributed by atoms with Crippen molar-refractivity contribution in [2.75, 3.05) is 6.61 Å². The van der Waals surface area contributed by atoms with Crippen molar-refractivity contribution in [2.45, 2.75) is 20.3 Å². The average molecular weight is 238 g/mol. The Balaban J connectivity index is 0.00000144.